The Balaban J connectivity index is 1.58. The summed E-state index contributed by atoms with van der Waals surface area (Å²) in [5, 5.41) is 11.1. The molecule has 3 aromatic rings. The van der Waals surface area contributed by atoms with Gasteiger partial charge in [-0.25, -0.2) is 4.68 Å². The third-order valence-electron chi connectivity index (χ3n) is 4.89. The minimum atomic E-state index is -0.156. The number of para-hydroxylation sites is 1. The zero-order chi connectivity index (χ0) is 20.2. The van der Waals surface area contributed by atoms with Crippen LogP contribution in [0.4, 0.5) is 0 Å². The first-order valence-corrected chi connectivity index (χ1v) is 9.66. The molecule has 0 saturated heterocycles. The molecule has 29 heavy (non-hydrogen) atoms. The van der Waals surface area contributed by atoms with Gasteiger partial charge in [0.15, 0.2) is 0 Å². The summed E-state index contributed by atoms with van der Waals surface area (Å²) < 4.78 is 12.8. The number of amides is 1. The van der Waals surface area contributed by atoms with Crippen LogP contribution in [0.25, 0.3) is 11.3 Å². The van der Waals surface area contributed by atoms with Gasteiger partial charge in [-0.15, -0.1) is 0 Å². The van der Waals surface area contributed by atoms with Crippen molar-refractivity contribution < 1.29 is 14.3 Å². The predicted octanol–water partition coefficient (Wildman–Crippen LogP) is 2.99. The van der Waals surface area contributed by atoms with Gasteiger partial charge in [0.2, 0.25) is 0 Å². The van der Waals surface area contributed by atoms with E-state index in [2.05, 4.69) is 10.6 Å². The summed E-state index contributed by atoms with van der Waals surface area (Å²) in [6.07, 6.45) is -0.156. The van der Waals surface area contributed by atoms with Gasteiger partial charge < -0.3 is 14.8 Å². The lowest BCUT2D eigenvalue weighted by Gasteiger charge is -2.26. The van der Waals surface area contributed by atoms with Gasteiger partial charge in [-0.2, -0.15) is 5.10 Å². The Morgan fingerprint density at radius 1 is 1.21 bits per heavy atom. The predicted molar refractivity (Wildman–Crippen MR) is 110 cm³/mol. The van der Waals surface area contributed by atoms with Crippen LogP contribution in [0.5, 0.6) is 11.5 Å². The quantitative estimate of drug-likeness (QED) is 0.646. The summed E-state index contributed by atoms with van der Waals surface area (Å²) >= 11 is 0. The lowest BCUT2D eigenvalue weighted by molar-refractivity contribution is 0.0900. The fourth-order valence-electron chi connectivity index (χ4n) is 3.42. The normalized spacial score (nSPS) is 15.5. The Morgan fingerprint density at radius 3 is 2.90 bits per heavy atom. The van der Waals surface area contributed by atoms with Crippen molar-refractivity contribution in [3.8, 4) is 22.8 Å². The van der Waals surface area contributed by atoms with E-state index in [4.69, 9.17) is 14.6 Å². The fraction of sp³-hybridized carbons (Fsp3) is 0.273. The van der Waals surface area contributed by atoms with Crippen molar-refractivity contribution in [2.45, 2.75) is 19.6 Å². The number of rotatable bonds is 7. The van der Waals surface area contributed by atoms with Crippen LogP contribution >= 0.6 is 0 Å². The number of nitrogens with zero attached hydrogens (tertiary/aromatic N) is 2. The number of methoxy groups -OCH3 is 1. The standard InChI is InChI=1S/C22H24N4O3/c1-3-29-20-10-5-4-7-16(20)13-23-21-14-24-22(27)19-12-18(25-26(19)21)15-8-6-9-17(11-15)28-2/h4-12,21,23H,3,13-14H2,1-2H3,(H,24,27)/t21-/m1/s1. The fourth-order valence-corrected chi connectivity index (χ4v) is 3.42. The molecule has 1 aromatic heterocycles. The van der Waals surface area contributed by atoms with Crippen molar-refractivity contribution in [2.24, 2.45) is 0 Å². The molecule has 0 saturated carbocycles. The lowest BCUT2D eigenvalue weighted by atomic mass is 10.1. The zero-order valence-electron chi connectivity index (χ0n) is 16.5. The average molecular weight is 392 g/mol. The van der Waals surface area contributed by atoms with Crippen LogP contribution < -0.4 is 20.1 Å². The Hall–Kier alpha value is -3.32. The molecular weight excluding hydrogens is 368 g/mol. The van der Waals surface area contributed by atoms with Gasteiger partial charge in [-0.1, -0.05) is 30.3 Å². The first kappa shape index (κ1) is 19.0. The number of fused-ring (bicyclic) bond motifs is 1. The van der Waals surface area contributed by atoms with E-state index in [0.717, 1.165) is 28.3 Å². The molecule has 2 aromatic carbocycles. The van der Waals surface area contributed by atoms with Crippen molar-refractivity contribution in [2.75, 3.05) is 20.3 Å². The number of hydrogen-bond acceptors (Lipinski definition) is 5. The van der Waals surface area contributed by atoms with E-state index in [1.54, 1.807) is 11.8 Å². The molecule has 4 rings (SSSR count). The van der Waals surface area contributed by atoms with Crippen molar-refractivity contribution in [1.29, 1.82) is 0 Å². The van der Waals surface area contributed by atoms with Gasteiger partial charge in [-0.3, -0.25) is 10.1 Å². The largest absolute Gasteiger partial charge is 0.497 e. The molecule has 0 bridgehead atoms. The highest BCUT2D eigenvalue weighted by atomic mass is 16.5. The molecule has 7 heteroatoms. The number of carbonyl (C=O) groups excluding carboxylic acids is 1. The molecule has 0 fully saturated rings. The van der Waals surface area contributed by atoms with Crippen LogP contribution in [-0.4, -0.2) is 35.9 Å². The highest BCUT2D eigenvalue weighted by Gasteiger charge is 2.27. The van der Waals surface area contributed by atoms with Crippen LogP contribution in [0.3, 0.4) is 0 Å². The lowest BCUT2D eigenvalue weighted by Crippen LogP contribution is -2.45. The Kier molecular flexibility index (Phi) is 5.48. The Bertz CT molecular complexity index is 1010. The number of carbonyl (C=O) groups is 1. The maximum absolute atomic E-state index is 12.4. The van der Waals surface area contributed by atoms with Gasteiger partial charge in [0.25, 0.3) is 5.91 Å². The molecule has 1 amide bonds. The summed E-state index contributed by atoms with van der Waals surface area (Å²) in [7, 11) is 1.63. The van der Waals surface area contributed by atoms with Crippen LogP contribution in [0.15, 0.2) is 54.6 Å². The number of benzene rings is 2. The van der Waals surface area contributed by atoms with E-state index in [9.17, 15) is 4.79 Å². The van der Waals surface area contributed by atoms with Crippen LogP contribution in [-0.2, 0) is 6.54 Å². The smallest absolute Gasteiger partial charge is 0.269 e. The number of ether oxygens (including phenoxy) is 2. The van der Waals surface area contributed by atoms with Gasteiger partial charge >= 0.3 is 0 Å². The van der Waals surface area contributed by atoms with E-state index in [1.165, 1.54) is 0 Å². The summed E-state index contributed by atoms with van der Waals surface area (Å²) in [4.78, 5) is 12.4. The zero-order valence-corrected chi connectivity index (χ0v) is 16.5. The number of aromatic nitrogens is 2. The molecule has 1 aliphatic heterocycles. The second kappa shape index (κ2) is 8.36. The first-order valence-electron chi connectivity index (χ1n) is 9.66. The monoisotopic (exact) mass is 392 g/mol. The van der Waals surface area contributed by atoms with E-state index in [-0.39, 0.29) is 12.1 Å². The first-order chi connectivity index (χ1) is 14.2. The highest BCUT2D eigenvalue weighted by Crippen LogP contribution is 2.26. The van der Waals surface area contributed by atoms with E-state index < -0.39 is 0 Å². The average Bonchev–Trinajstić information content (AvgIpc) is 3.21. The van der Waals surface area contributed by atoms with Crippen molar-refractivity contribution in [1.82, 2.24) is 20.4 Å². The molecule has 0 aliphatic carbocycles. The van der Waals surface area contributed by atoms with Crippen molar-refractivity contribution in [3.63, 3.8) is 0 Å². The maximum Gasteiger partial charge on any atom is 0.269 e. The Labute approximate surface area is 169 Å². The van der Waals surface area contributed by atoms with Gasteiger partial charge in [0, 0.05) is 17.7 Å². The molecule has 1 aliphatic rings. The van der Waals surface area contributed by atoms with E-state index in [0.29, 0.717) is 25.4 Å². The van der Waals surface area contributed by atoms with Crippen molar-refractivity contribution >= 4 is 5.91 Å². The molecule has 0 spiro atoms. The molecule has 0 radical (unpaired) electrons. The van der Waals surface area contributed by atoms with E-state index >= 15 is 0 Å². The Morgan fingerprint density at radius 2 is 2.07 bits per heavy atom. The third kappa shape index (κ3) is 3.95. The molecule has 1 atom stereocenters. The van der Waals surface area contributed by atoms with Gasteiger partial charge in [0.05, 0.1) is 26.0 Å². The summed E-state index contributed by atoms with van der Waals surface area (Å²) in [6, 6.07) is 17.4. The molecule has 0 unspecified atom stereocenters. The summed E-state index contributed by atoms with van der Waals surface area (Å²) in [5.41, 5.74) is 3.23. The molecule has 7 nitrogen and oxygen atoms in total. The molecule has 2 N–H and O–H groups in total. The van der Waals surface area contributed by atoms with Crippen LogP contribution in [0.2, 0.25) is 0 Å². The second-order valence-electron chi connectivity index (χ2n) is 6.74. The topological polar surface area (TPSA) is 77.4 Å². The molecular formula is C22H24N4O3. The summed E-state index contributed by atoms with van der Waals surface area (Å²) in [5.74, 6) is 1.49. The maximum atomic E-state index is 12.4. The van der Waals surface area contributed by atoms with Crippen LogP contribution in [0, 0.1) is 0 Å². The second-order valence-corrected chi connectivity index (χ2v) is 6.74. The van der Waals surface area contributed by atoms with Gasteiger partial charge in [-0.05, 0) is 31.2 Å². The summed E-state index contributed by atoms with van der Waals surface area (Å²) in [6.45, 7) is 3.65. The minimum absolute atomic E-state index is 0.126. The van der Waals surface area contributed by atoms with Gasteiger partial charge in [0.1, 0.15) is 23.4 Å². The third-order valence-corrected chi connectivity index (χ3v) is 4.89. The van der Waals surface area contributed by atoms with Crippen LogP contribution in [0.1, 0.15) is 29.1 Å². The molecule has 150 valence electrons. The van der Waals surface area contributed by atoms with Crippen molar-refractivity contribution in [3.05, 3.63) is 65.9 Å². The van der Waals surface area contributed by atoms with E-state index in [1.807, 2.05) is 61.5 Å². The molecule has 2 heterocycles. The minimum Gasteiger partial charge on any atom is -0.497 e. The number of nitrogens with one attached hydrogen (secondary N) is 2. The SMILES string of the molecule is CCOc1ccccc1CN[C@H]1CNC(=O)c2cc(-c3cccc(OC)c3)nn21. The highest BCUT2D eigenvalue weighted by molar-refractivity contribution is 5.94. The number of hydrogen-bond donors (Lipinski definition) is 2.